The highest BCUT2D eigenvalue weighted by atomic mass is 19.1. The predicted octanol–water partition coefficient (Wildman–Crippen LogP) is 2.77. The Kier molecular flexibility index (Phi) is 4.60. The third-order valence-electron chi connectivity index (χ3n) is 4.54. The maximum Gasteiger partial charge on any atom is 0.254 e. The van der Waals surface area contributed by atoms with Gasteiger partial charge in [0.1, 0.15) is 5.82 Å². The van der Waals surface area contributed by atoms with Crippen LogP contribution in [0, 0.1) is 5.82 Å². The van der Waals surface area contributed by atoms with Crippen molar-refractivity contribution in [1.29, 1.82) is 0 Å². The first-order valence-electron chi connectivity index (χ1n) is 8.02. The molecular weight excluding hydrogens is 307 g/mol. The number of rotatable bonds is 5. The minimum Gasteiger partial charge on any atom is -0.366 e. The van der Waals surface area contributed by atoms with E-state index < -0.39 is 17.6 Å². The summed E-state index contributed by atoms with van der Waals surface area (Å²) in [5, 5.41) is 2.73. The molecule has 0 saturated carbocycles. The molecule has 5 heteroatoms. The third kappa shape index (κ3) is 3.15. The second kappa shape index (κ2) is 6.83. The van der Waals surface area contributed by atoms with E-state index >= 15 is 0 Å². The van der Waals surface area contributed by atoms with E-state index in [9.17, 15) is 14.0 Å². The number of nitrogens with two attached hydrogens (primary N) is 1. The molecule has 2 aromatic rings. The fourth-order valence-electron chi connectivity index (χ4n) is 3.30. The van der Waals surface area contributed by atoms with E-state index in [4.69, 9.17) is 5.73 Å². The van der Waals surface area contributed by atoms with Crippen molar-refractivity contribution < 1.29 is 14.0 Å². The topological polar surface area (TPSA) is 72.2 Å². The minimum atomic E-state index is -0.885. The summed E-state index contributed by atoms with van der Waals surface area (Å²) in [7, 11) is 0. The summed E-state index contributed by atoms with van der Waals surface area (Å²) >= 11 is 0. The second-order valence-corrected chi connectivity index (χ2v) is 6.01. The summed E-state index contributed by atoms with van der Waals surface area (Å²) in [6.07, 6.45) is 2.94. The van der Waals surface area contributed by atoms with E-state index in [1.807, 2.05) is 12.1 Å². The number of benzene rings is 2. The molecule has 0 bridgehead atoms. The molecule has 1 atom stereocenters. The van der Waals surface area contributed by atoms with Gasteiger partial charge in [0.05, 0.1) is 11.1 Å². The maximum atomic E-state index is 14.1. The van der Waals surface area contributed by atoms with Gasteiger partial charge in [0, 0.05) is 6.54 Å². The molecule has 2 amide bonds. The van der Waals surface area contributed by atoms with Crippen molar-refractivity contribution in [2.24, 2.45) is 5.73 Å². The largest absolute Gasteiger partial charge is 0.366 e. The number of halogens is 1. The highest BCUT2D eigenvalue weighted by Gasteiger charge is 2.22. The van der Waals surface area contributed by atoms with Crippen molar-refractivity contribution in [3.63, 3.8) is 0 Å². The Morgan fingerprint density at radius 3 is 2.67 bits per heavy atom. The molecule has 0 saturated heterocycles. The van der Waals surface area contributed by atoms with Gasteiger partial charge in [-0.3, -0.25) is 9.59 Å². The zero-order valence-electron chi connectivity index (χ0n) is 13.2. The molecule has 124 valence electrons. The summed E-state index contributed by atoms with van der Waals surface area (Å²) < 4.78 is 14.1. The molecular formula is C19H19FN2O2. The van der Waals surface area contributed by atoms with E-state index in [1.54, 1.807) is 0 Å². The number of primary amides is 1. The lowest BCUT2D eigenvalue weighted by molar-refractivity contribution is 0.0948. The van der Waals surface area contributed by atoms with Crippen LogP contribution in [0.2, 0.25) is 0 Å². The number of fused-ring (bicyclic) bond motifs is 1. The molecule has 0 aliphatic heterocycles. The zero-order chi connectivity index (χ0) is 17.1. The molecule has 1 aliphatic carbocycles. The van der Waals surface area contributed by atoms with Crippen molar-refractivity contribution in [3.05, 3.63) is 70.5 Å². The lowest BCUT2D eigenvalue weighted by Crippen LogP contribution is -2.27. The molecule has 0 aromatic heterocycles. The number of carbonyl (C=O) groups excluding carboxylic acids is 2. The number of hydrogen-bond acceptors (Lipinski definition) is 2. The van der Waals surface area contributed by atoms with E-state index in [0.717, 1.165) is 19.3 Å². The number of nitrogens with one attached hydrogen (secondary N) is 1. The Labute approximate surface area is 139 Å². The van der Waals surface area contributed by atoms with E-state index in [0.29, 0.717) is 12.5 Å². The molecule has 1 unspecified atom stereocenters. The molecule has 0 radical (unpaired) electrons. The van der Waals surface area contributed by atoms with Crippen LogP contribution in [0.25, 0.3) is 0 Å². The molecule has 1 aliphatic rings. The van der Waals surface area contributed by atoms with Crippen LogP contribution >= 0.6 is 0 Å². The van der Waals surface area contributed by atoms with Crippen molar-refractivity contribution in [1.82, 2.24) is 5.32 Å². The third-order valence-corrected chi connectivity index (χ3v) is 4.54. The first-order chi connectivity index (χ1) is 11.6. The van der Waals surface area contributed by atoms with Crippen molar-refractivity contribution >= 4 is 11.8 Å². The van der Waals surface area contributed by atoms with Gasteiger partial charge >= 0.3 is 0 Å². The van der Waals surface area contributed by atoms with Gasteiger partial charge in [-0.25, -0.2) is 4.39 Å². The molecule has 0 fully saturated rings. The van der Waals surface area contributed by atoms with Crippen LogP contribution in [0.4, 0.5) is 4.39 Å². The maximum absolute atomic E-state index is 14.1. The molecule has 0 spiro atoms. The van der Waals surface area contributed by atoms with Gasteiger partial charge < -0.3 is 11.1 Å². The number of carbonyl (C=O) groups is 2. The average molecular weight is 326 g/mol. The minimum absolute atomic E-state index is 0.155. The standard InChI is InChI=1S/C19H19FN2O2/c20-17-15(18(21)23)6-3-7-16(17)19(24)22-11-10-13-9-8-12-4-1-2-5-14(12)13/h1-7,13H,8-11H2,(H2,21,23)(H,22,24). The van der Waals surface area contributed by atoms with E-state index in [2.05, 4.69) is 17.4 Å². The van der Waals surface area contributed by atoms with E-state index in [-0.39, 0.29) is 11.1 Å². The highest BCUT2D eigenvalue weighted by molar-refractivity contribution is 5.99. The Balaban J connectivity index is 1.61. The van der Waals surface area contributed by atoms with Gasteiger partial charge in [-0.15, -0.1) is 0 Å². The Morgan fingerprint density at radius 1 is 1.12 bits per heavy atom. The molecule has 3 N–H and O–H groups in total. The van der Waals surface area contributed by atoms with Gasteiger partial charge in [0.2, 0.25) is 0 Å². The molecule has 0 heterocycles. The molecule has 3 rings (SSSR count). The lowest BCUT2D eigenvalue weighted by Gasteiger charge is -2.13. The SMILES string of the molecule is NC(=O)c1cccc(C(=O)NCCC2CCc3ccccc32)c1F. The van der Waals surface area contributed by atoms with E-state index in [1.165, 1.54) is 29.3 Å². The molecule has 2 aromatic carbocycles. The number of amides is 2. The summed E-state index contributed by atoms with van der Waals surface area (Å²) in [6.45, 7) is 0.456. The van der Waals surface area contributed by atoms with Gasteiger partial charge in [0.25, 0.3) is 11.8 Å². The molecule has 24 heavy (non-hydrogen) atoms. The second-order valence-electron chi connectivity index (χ2n) is 6.01. The van der Waals surface area contributed by atoms with Crippen LogP contribution in [0.3, 0.4) is 0 Å². The van der Waals surface area contributed by atoms with Gasteiger partial charge in [-0.1, -0.05) is 30.3 Å². The number of aryl methyl sites for hydroxylation is 1. The summed E-state index contributed by atoms with van der Waals surface area (Å²) in [6, 6.07) is 12.4. The van der Waals surface area contributed by atoms with Gasteiger partial charge in [-0.2, -0.15) is 0 Å². The van der Waals surface area contributed by atoms with Gasteiger partial charge in [-0.05, 0) is 48.4 Å². The zero-order valence-corrected chi connectivity index (χ0v) is 13.2. The van der Waals surface area contributed by atoms with Crippen LogP contribution in [0.5, 0.6) is 0 Å². The number of hydrogen-bond donors (Lipinski definition) is 2. The summed E-state index contributed by atoms with van der Waals surface area (Å²) in [4.78, 5) is 23.3. The Morgan fingerprint density at radius 2 is 1.88 bits per heavy atom. The molecule has 4 nitrogen and oxygen atoms in total. The monoisotopic (exact) mass is 326 g/mol. The van der Waals surface area contributed by atoms with Crippen LogP contribution in [-0.4, -0.2) is 18.4 Å². The van der Waals surface area contributed by atoms with Gasteiger partial charge in [0.15, 0.2) is 0 Å². The fraction of sp³-hybridized carbons (Fsp3) is 0.263. The van der Waals surface area contributed by atoms with Crippen LogP contribution in [0.15, 0.2) is 42.5 Å². The Hall–Kier alpha value is -2.69. The summed E-state index contributed by atoms with van der Waals surface area (Å²) in [5.74, 6) is -1.86. The first-order valence-corrected chi connectivity index (χ1v) is 8.02. The quantitative estimate of drug-likeness (QED) is 0.887. The highest BCUT2D eigenvalue weighted by Crippen LogP contribution is 2.34. The average Bonchev–Trinajstić information content (AvgIpc) is 2.98. The van der Waals surface area contributed by atoms with Crippen LogP contribution in [0.1, 0.15) is 50.6 Å². The van der Waals surface area contributed by atoms with Crippen LogP contribution in [-0.2, 0) is 6.42 Å². The predicted molar refractivity (Wildman–Crippen MR) is 89.4 cm³/mol. The van der Waals surface area contributed by atoms with Crippen molar-refractivity contribution in [2.45, 2.75) is 25.2 Å². The lowest BCUT2D eigenvalue weighted by atomic mass is 9.98. The first kappa shape index (κ1) is 16.2. The smallest absolute Gasteiger partial charge is 0.254 e. The van der Waals surface area contributed by atoms with Crippen LogP contribution < -0.4 is 11.1 Å². The normalized spacial score (nSPS) is 15.8. The van der Waals surface area contributed by atoms with Crippen molar-refractivity contribution in [2.75, 3.05) is 6.54 Å². The fourth-order valence-corrected chi connectivity index (χ4v) is 3.30. The Bertz CT molecular complexity index is 789. The van der Waals surface area contributed by atoms with Crippen molar-refractivity contribution in [3.8, 4) is 0 Å². The summed E-state index contributed by atoms with van der Waals surface area (Å²) in [5.41, 5.74) is 7.39.